The molecular weight excluding hydrogens is 471 g/mol. The van der Waals surface area contributed by atoms with Crippen LogP contribution in [0, 0.1) is 5.82 Å². The Morgan fingerprint density at radius 3 is 2.69 bits per heavy atom. The molecule has 1 aromatic heterocycles. The number of hydrogen-bond donors (Lipinski definition) is 1. The van der Waals surface area contributed by atoms with Crippen molar-refractivity contribution in [1.29, 1.82) is 0 Å². The zero-order valence-corrected chi connectivity index (χ0v) is 19.5. The molecule has 10 heteroatoms. The zero-order valence-electron chi connectivity index (χ0n) is 18.7. The lowest BCUT2D eigenvalue weighted by atomic mass is 10.2. The minimum Gasteiger partial charge on any atom is -0.483 e. The van der Waals surface area contributed by atoms with E-state index in [1.807, 2.05) is 30.3 Å². The number of carbonyl (C=O) groups excluding carboxylic acids is 1. The average Bonchev–Trinajstić information content (AvgIpc) is 3.50. The molecule has 1 aliphatic rings. The quantitative estimate of drug-likeness (QED) is 0.353. The molecule has 5 rings (SSSR count). The van der Waals surface area contributed by atoms with Crippen molar-refractivity contribution < 1.29 is 23.4 Å². The molecule has 0 spiro atoms. The lowest BCUT2D eigenvalue weighted by molar-refractivity contribution is -0.115. The molecule has 0 saturated carbocycles. The average molecular weight is 493 g/mol. The molecule has 0 saturated heterocycles. The summed E-state index contributed by atoms with van der Waals surface area (Å²) in [5.41, 5.74) is 1.41. The van der Waals surface area contributed by atoms with Gasteiger partial charge in [-0.3, -0.25) is 9.36 Å². The molecule has 0 radical (unpaired) electrons. The van der Waals surface area contributed by atoms with E-state index in [4.69, 9.17) is 14.2 Å². The number of fused-ring (bicyclic) bond motifs is 1. The van der Waals surface area contributed by atoms with E-state index < -0.39 is 11.1 Å². The summed E-state index contributed by atoms with van der Waals surface area (Å²) in [6.45, 7) is 1.95. The molecule has 1 N–H and O–H groups in total. The highest BCUT2D eigenvalue weighted by Gasteiger charge is 2.22. The van der Waals surface area contributed by atoms with Crippen molar-refractivity contribution in [1.82, 2.24) is 14.8 Å². The maximum atomic E-state index is 14.0. The van der Waals surface area contributed by atoms with Gasteiger partial charge in [-0.2, -0.15) is 0 Å². The summed E-state index contributed by atoms with van der Waals surface area (Å²) in [5, 5.41) is 11.5. The van der Waals surface area contributed by atoms with Gasteiger partial charge in [-0.15, -0.1) is 10.2 Å². The fraction of sp³-hybridized carbons (Fsp3) is 0.160. The first-order chi connectivity index (χ1) is 17.1. The largest absolute Gasteiger partial charge is 0.483 e. The Kier molecular flexibility index (Phi) is 6.53. The Morgan fingerprint density at radius 2 is 1.86 bits per heavy atom. The minimum atomic E-state index is -0.493. The lowest BCUT2D eigenvalue weighted by Crippen LogP contribution is -2.23. The number of ether oxygens (including phenoxy) is 3. The highest BCUT2D eigenvalue weighted by atomic mass is 32.2. The number of amides is 1. The Hall–Kier alpha value is -4.05. The number of thioether (sulfide) groups is 1. The molecule has 8 nitrogen and oxygen atoms in total. The summed E-state index contributed by atoms with van der Waals surface area (Å²) >= 11 is 1.26. The molecule has 1 unspecified atom stereocenters. The normalized spacial score (nSPS) is 12.9. The first-order valence-electron chi connectivity index (χ1n) is 10.8. The molecule has 1 amide bonds. The summed E-state index contributed by atoms with van der Waals surface area (Å²) in [6.07, 6.45) is 0. The van der Waals surface area contributed by atoms with Gasteiger partial charge < -0.3 is 19.5 Å². The van der Waals surface area contributed by atoms with Crippen molar-refractivity contribution in [2.75, 3.05) is 12.1 Å². The Balaban J connectivity index is 1.34. The topological polar surface area (TPSA) is 87.5 Å². The molecule has 178 valence electrons. The standard InChI is InChI=1S/C25H21FN4O4S/c1-16(24(31)27-17-11-12-21-22(13-17)34-15-33-21)35-25-29-28-23(30(25)18-7-3-2-4-8-18)14-32-20-10-6-5-9-19(20)26/h2-13,16H,14-15H2,1H3,(H,27,31). The molecule has 1 aliphatic heterocycles. The van der Waals surface area contributed by atoms with Crippen molar-refractivity contribution in [2.45, 2.75) is 23.9 Å². The van der Waals surface area contributed by atoms with Gasteiger partial charge in [0.25, 0.3) is 0 Å². The maximum Gasteiger partial charge on any atom is 0.237 e. The summed E-state index contributed by atoms with van der Waals surface area (Å²) < 4.78 is 32.1. The van der Waals surface area contributed by atoms with Crippen LogP contribution >= 0.6 is 11.8 Å². The van der Waals surface area contributed by atoms with E-state index in [9.17, 15) is 9.18 Å². The fourth-order valence-electron chi connectivity index (χ4n) is 3.44. The van der Waals surface area contributed by atoms with Crippen LogP contribution in [0.5, 0.6) is 17.2 Å². The van der Waals surface area contributed by atoms with Crippen LogP contribution in [0.4, 0.5) is 10.1 Å². The number of anilines is 1. The van der Waals surface area contributed by atoms with Gasteiger partial charge in [0.05, 0.1) is 5.25 Å². The third-order valence-electron chi connectivity index (χ3n) is 5.20. The predicted octanol–water partition coefficient (Wildman–Crippen LogP) is 4.83. The van der Waals surface area contributed by atoms with E-state index >= 15 is 0 Å². The van der Waals surface area contributed by atoms with Crippen LogP contribution in [0.1, 0.15) is 12.7 Å². The number of carbonyl (C=O) groups is 1. The molecule has 1 atom stereocenters. The lowest BCUT2D eigenvalue weighted by Gasteiger charge is -2.14. The highest BCUT2D eigenvalue weighted by Crippen LogP contribution is 2.34. The SMILES string of the molecule is CC(Sc1nnc(COc2ccccc2F)n1-c1ccccc1)C(=O)Nc1ccc2c(c1)OCO2. The molecule has 35 heavy (non-hydrogen) atoms. The summed E-state index contributed by atoms with van der Waals surface area (Å²) in [5.74, 6) is 1.17. The number of hydrogen-bond acceptors (Lipinski definition) is 7. The van der Waals surface area contributed by atoms with E-state index in [1.54, 1.807) is 47.9 Å². The van der Waals surface area contributed by atoms with Crippen molar-refractivity contribution >= 4 is 23.4 Å². The van der Waals surface area contributed by atoms with Crippen LogP contribution in [0.3, 0.4) is 0 Å². The number of halogens is 1. The van der Waals surface area contributed by atoms with Gasteiger partial charge in [-0.05, 0) is 43.3 Å². The van der Waals surface area contributed by atoms with Crippen molar-refractivity contribution in [3.8, 4) is 22.9 Å². The second-order valence-corrected chi connectivity index (χ2v) is 8.91. The number of para-hydroxylation sites is 2. The van der Waals surface area contributed by atoms with Crippen LogP contribution in [-0.4, -0.2) is 32.7 Å². The first-order valence-corrected chi connectivity index (χ1v) is 11.7. The van der Waals surface area contributed by atoms with E-state index in [1.165, 1.54) is 17.8 Å². The van der Waals surface area contributed by atoms with Crippen LogP contribution < -0.4 is 19.5 Å². The van der Waals surface area contributed by atoms with Gasteiger partial charge in [0.1, 0.15) is 6.61 Å². The van der Waals surface area contributed by atoms with Crippen LogP contribution in [0.15, 0.2) is 78.0 Å². The number of nitrogens with zero attached hydrogens (tertiary/aromatic N) is 3. The molecule has 4 aromatic rings. The van der Waals surface area contributed by atoms with Gasteiger partial charge in [0, 0.05) is 17.4 Å². The fourth-order valence-corrected chi connectivity index (χ4v) is 4.33. The van der Waals surface area contributed by atoms with E-state index in [0.717, 1.165) is 5.69 Å². The minimum absolute atomic E-state index is 0.00115. The Morgan fingerprint density at radius 1 is 1.09 bits per heavy atom. The molecule has 0 bridgehead atoms. The predicted molar refractivity (Wildman–Crippen MR) is 129 cm³/mol. The Labute approximate surface area is 205 Å². The summed E-state index contributed by atoms with van der Waals surface area (Å²) in [4.78, 5) is 12.9. The van der Waals surface area contributed by atoms with E-state index in [-0.39, 0.29) is 25.1 Å². The number of rotatable bonds is 8. The third kappa shape index (κ3) is 5.07. The number of benzene rings is 3. The molecule has 2 heterocycles. The molecule has 0 aliphatic carbocycles. The second kappa shape index (κ2) is 10.1. The van der Waals surface area contributed by atoms with Gasteiger partial charge in [0.15, 0.2) is 34.0 Å². The van der Waals surface area contributed by atoms with Gasteiger partial charge in [-0.25, -0.2) is 4.39 Å². The number of aromatic nitrogens is 3. The van der Waals surface area contributed by atoms with Crippen LogP contribution in [-0.2, 0) is 11.4 Å². The number of nitrogens with one attached hydrogen (secondary N) is 1. The van der Waals surface area contributed by atoms with Crippen LogP contribution in [0.2, 0.25) is 0 Å². The van der Waals surface area contributed by atoms with Gasteiger partial charge in [-0.1, -0.05) is 42.1 Å². The van der Waals surface area contributed by atoms with Crippen molar-refractivity contribution in [2.24, 2.45) is 0 Å². The molecule has 0 fully saturated rings. The second-order valence-electron chi connectivity index (χ2n) is 7.61. The van der Waals surface area contributed by atoms with Crippen LogP contribution in [0.25, 0.3) is 5.69 Å². The van der Waals surface area contributed by atoms with E-state index in [2.05, 4.69) is 15.5 Å². The summed E-state index contributed by atoms with van der Waals surface area (Å²) in [7, 11) is 0. The summed E-state index contributed by atoms with van der Waals surface area (Å²) in [6, 6.07) is 20.9. The van der Waals surface area contributed by atoms with Crippen molar-refractivity contribution in [3.63, 3.8) is 0 Å². The Bertz CT molecular complexity index is 1350. The third-order valence-corrected chi connectivity index (χ3v) is 6.24. The van der Waals surface area contributed by atoms with E-state index in [0.29, 0.717) is 28.2 Å². The highest BCUT2D eigenvalue weighted by molar-refractivity contribution is 8.00. The van der Waals surface area contributed by atoms with Gasteiger partial charge in [0.2, 0.25) is 12.7 Å². The first kappa shape index (κ1) is 22.7. The smallest absolute Gasteiger partial charge is 0.237 e. The maximum absolute atomic E-state index is 14.0. The molecular formula is C25H21FN4O4S. The monoisotopic (exact) mass is 492 g/mol. The van der Waals surface area contributed by atoms with Crippen molar-refractivity contribution in [3.05, 3.63) is 84.4 Å². The zero-order chi connectivity index (χ0) is 24.2. The van der Waals surface area contributed by atoms with Gasteiger partial charge >= 0.3 is 0 Å². The molecule has 3 aromatic carbocycles.